The van der Waals surface area contributed by atoms with Crippen molar-refractivity contribution in [3.8, 4) is 11.1 Å². The van der Waals surface area contributed by atoms with E-state index in [1.54, 1.807) is 11.3 Å². The van der Waals surface area contributed by atoms with Crippen molar-refractivity contribution < 1.29 is 4.79 Å². The monoisotopic (exact) mass is 379 g/mol. The summed E-state index contributed by atoms with van der Waals surface area (Å²) in [5.74, 6) is 0.389. The average molecular weight is 380 g/mol. The van der Waals surface area contributed by atoms with Gasteiger partial charge in [-0.05, 0) is 58.8 Å². The summed E-state index contributed by atoms with van der Waals surface area (Å²) in [6.07, 6.45) is 4.39. The Hall–Kier alpha value is -1.98. The molecule has 3 aliphatic rings. The molecular formula is C22H25N3OS. The van der Waals surface area contributed by atoms with E-state index in [0.717, 1.165) is 41.6 Å². The van der Waals surface area contributed by atoms with Gasteiger partial charge in [0.25, 0.3) is 5.91 Å². The van der Waals surface area contributed by atoms with Crippen LogP contribution in [0, 0.1) is 11.3 Å². The van der Waals surface area contributed by atoms with Gasteiger partial charge in [-0.3, -0.25) is 15.1 Å². The molecule has 140 valence electrons. The fourth-order valence-corrected chi connectivity index (χ4v) is 5.76. The molecule has 1 aliphatic carbocycles. The first-order valence-electron chi connectivity index (χ1n) is 9.93. The quantitative estimate of drug-likeness (QED) is 0.752. The Morgan fingerprint density at radius 3 is 2.85 bits per heavy atom. The molecule has 1 spiro atoms. The molecule has 3 atom stereocenters. The Bertz CT molecular complexity index is 906. The van der Waals surface area contributed by atoms with Crippen molar-refractivity contribution in [3.05, 3.63) is 46.2 Å². The Morgan fingerprint density at radius 1 is 1.37 bits per heavy atom. The second kappa shape index (κ2) is 6.28. The Labute approximate surface area is 164 Å². The van der Waals surface area contributed by atoms with E-state index in [-0.39, 0.29) is 17.7 Å². The summed E-state index contributed by atoms with van der Waals surface area (Å²) in [5.41, 5.74) is 4.64. The van der Waals surface area contributed by atoms with Gasteiger partial charge in [0.05, 0.1) is 0 Å². The van der Waals surface area contributed by atoms with E-state index >= 15 is 0 Å². The molecular weight excluding hydrogens is 354 g/mol. The van der Waals surface area contributed by atoms with Crippen LogP contribution in [0.1, 0.15) is 37.3 Å². The maximum Gasteiger partial charge on any atom is 0.270 e. The summed E-state index contributed by atoms with van der Waals surface area (Å²) in [4.78, 5) is 15.4. The molecule has 0 radical (unpaired) electrons. The van der Waals surface area contributed by atoms with Crippen LogP contribution < -0.4 is 5.32 Å². The number of carbonyl (C=O) groups excluding carboxylic acids is 1. The van der Waals surface area contributed by atoms with Crippen LogP contribution in [0.5, 0.6) is 0 Å². The number of aryl methyl sites for hydroxylation is 1. The fourth-order valence-electron chi connectivity index (χ4n) is 5.10. The second-order valence-electron chi connectivity index (χ2n) is 8.20. The molecule has 3 fully saturated rings. The summed E-state index contributed by atoms with van der Waals surface area (Å²) < 4.78 is 0. The summed E-state index contributed by atoms with van der Waals surface area (Å²) in [6, 6.07) is 8.52. The smallest absolute Gasteiger partial charge is 0.270 e. The summed E-state index contributed by atoms with van der Waals surface area (Å²) in [6.45, 7) is 4.26. The minimum Gasteiger partial charge on any atom is -0.346 e. The average Bonchev–Trinajstić information content (AvgIpc) is 3.15. The molecule has 2 aromatic rings. The number of nitrogens with zero attached hydrogens (tertiary/aromatic N) is 1. The van der Waals surface area contributed by atoms with Crippen molar-refractivity contribution in [2.24, 2.45) is 5.92 Å². The van der Waals surface area contributed by atoms with Gasteiger partial charge in [-0.1, -0.05) is 25.5 Å². The SMILES string of the molecule is CCCc1ccc(-c2ccsc2)cc1C(=N)C(=O)N[C@@H]1CN2CCC23CC13. The van der Waals surface area contributed by atoms with Crippen LogP contribution in [0.2, 0.25) is 0 Å². The van der Waals surface area contributed by atoms with Gasteiger partial charge in [0.1, 0.15) is 5.71 Å². The third kappa shape index (κ3) is 2.67. The lowest BCUT2D eigenvalue weighted by atomic mass is 9.94. The number of benzene rings is 1. The standard InChI is InChI=1S/C22H25N3OS/c1-2-3-14-4-5-15(16-6-9-27-13-16)10-17(14)20(23)21(26)24-19-12-25-8-7-22(25)11-18(19)22/h4-6,9-10,13,18-19,23H,2-3,7-8,11-12H2,1H3,(H,24,26)/t18?,19-,22?/m1/s1. The van der Waals surface area contributed by atoms with Crippen LogP contribution in [0.25, 0.3) is 11.1 Å². The van der Waals surface area contributed by atoms with Crippen molar-refractivity contribution in [1.82, 2.24) is 10.2 Å². The van der Waals surface area contributed by atoms with E-state index in [4.69, 9.17) is 5.41 Å². The topological polar surface area (TPSA) is 56.2 Å². The van der Waals surface area contributed by atoms with Gasteiger partial charge in [0, 0.05) is 36.2 Å². The van der Waals surface area contributed by atoms with Crippen molar-refractivity contribution in [3.63, 3.8) is 0 Å². The molecule has 1 amide bonds. The molecule has 2 saturated heterocycles. The predicted octanol–water partition coefficient (Wildman–Crippen LogP) is 3.70. The molecule has 0 bridgehead atoms. The number of hydrogen-bond acceptors (Lipinski definition) is 4. The third-order valence-electron chi connectivity index (χ3n) is 6.75. The molecule has 1 aromatic heterocycles. The van der Waals surface area contributed by atoms with Gasteiger partial charge < -0.3 is 5.32 Å². The van der Waals surface area contributed by atoms with E-state index in [0.29, 0.717) is 11.5 Å². The highest BCUT2D eigenvalue weighted by molar-refractivity contribution is 7.08. The highest BCUT2D eigenvalue weighted by atomic mass is 32.1. The summed E-state index contributed by atoms with van der Waals surface area (Å²) in [5, 5.41) is 16.0. The Balaban J connectivity index is 1.38. The first-order chi connectivity index (χ1) is 13.1. The summed E-state index contributed by atoms with van der Waals surface area (Å²) >= 11 is 1.66. The van der Waals surface area contributed by atoms with Crippen LogP contribution in [-0.2, 0) is 11.2 Å². The zero-order valence-electron chi connectivity index (χ0n) is 15.6. The highest BCUT2D eigenvalue weighted by Crippen LogP contribution is 2.62. The maximum atomic E-state index is 12.9. The first kappa shape index (κ1) is 17.1. The molecule has 2 unspecified atom stereocenters. The molecule has 2 N–H and O–H groups in total. The number of amides is 1. The zero-order valence-corrected chi connectivity index (χ0v) is 16.4. The van der Waals surface area contributed by atoms with Crippen LogP contribution in [0.15, 0.2) is 35.0 Å². The third-order valence-corrected chi connectivity index (χ3v) is 7.43. The van der Waals surface area contributed by atoms with E-state index in [1.807, 2.05) is 6.07 Å². The summed E-state index contributed by atoms with van der Waals surface area (Å²) in [7, 11) is 0. The van der Waals surface area contributed by atoms with Crippen LogP contribution in [0.3, 0.4) is 0 Å². The molecule has 5 rings (SSSR count). The lowest BCUT2D eigenvalue weighted by molar-refractivity contribution is -0.115. The molecule has 27 heavy (non-hydrogen) atoms. The van der Waals surface area contributed by atoms with Gasteiger partial charge in [0.2, 0.25) is 0 Å². The number of piperidine rings is 1. The highest BCUT2D eigenvalue weighted by Gasteiger charge is 2.70. The minimum absolute atomic E-state index is 0.111. The van der Waals surface area contributed by atoms with Gasteiger partial charge in [-0.15, -0.1) is 0 Å². The number of nitrogens with one attached hydrogen (secondary N) is 2. The molecule has 1 aromatic carbocycles. The number of rotatable bonds is 6. The Morgan fingerprint density at radius 2 is 2.26 bits per heavy atom. The van der Waals surface area contributed by atoms with Crippen molar-refractivity contribution >= 4 is 23.0 Å². The van der Waals surface area contributed by atoms with Crippen molar-refractivity contribution in [2.75, 3.05) is 13.1 Å². The van der Waals surface area contributed by atoms with Gasteiger partial charge in [-0.25, -0.2) is 0 Å². The zero-order chi connectivity index (χ0) is 18.6. The minimum atomic E-state index is -0.218. The van der Waals surface area contributed by atoms with Gasteiger partial charge >= 0.3 is 0 Å². The van der Waals surface area contributed by atoms with E-state index < -0.39 is 0 Å². The van der Waals surface area contributed by atoms with E-state index in [1.165, 1.54) is 19.4 Å². The second-order valence-corrected chi connectivity index (χ2v) is 8.98. The van der Waals surface area contributed by atoms with Crippen LogP contribution in [0.4, 0.5) is 0 Å². The normalized spacial score (nSPS) is 28.2. The largest absolute Gasteiger partial charge is 0.346 e. The fraction of sp³-hybridized carbons (Fsp3) is 0.455. The molecule has 2 aliphatic heterocycles. The first-order valence-corrected chi connectivity index (χ1v) is 10.9. The van der Waals surface area contributed by atoms with E-state index in [2.05, 4.69) is 46.1 Å². The number of thiophene rings is 1. The lowest BCUT2D eigenvalue weighted by Gasteiger charge is -2.38. The van der Waals surface area contributed by atoms with Crippen LogP contribution in [-0.4, -0.2) is 41.2 Å². The maximum absolute atomic E-state index is 12.9. The predicted molar refractivity (Wildman–Crippen MR) is 110 cm³/mol. The molecule has 4 nitrogen and oxygen atoms in total. The van der Waals surface area contributed by atoms with Crippen molar-refractivity contribution in [2.45, 2.75) is 44.2 Å². The molecule has 3 heterocycles. The van der Waals surface area contributed by atoms with Gasteiger partial charge in [0.15, 0.2) is 0 Å². The number of hydrogen-bond donors (Lipinski definition) is 2. The van der Waals surface area contributed by atoms with E-state index in [9.17, 15) is 4.79 Å². The lowest BCUT2D eigenvalue weighted by Crippen LogP contribution is -2.49. The number of carbonyl (C=O) groups is 1. The van der Waals surface area contributed by atoms with Crippen molar-refractivity contribution in [1.29, 1.82) is 5.41 Å². The Kier molecular flexibility index (Phi) is 3.99. The van der Waals surface area contributed by atoms with Crippen LogP contribution >= 0.6 is 11.3 Å². The molecule has 5 heteroatoms. The molecule has 1 saturated carbocycles. The van der Waals surface area contributed by atoms with Gasteiger partial charge in [-0.2, -0.15) is 11.3 Å².